The fraction of sp³-hybridized carbons (Fsp3) is 0.368. The molecule has 11 nitrogen and oxygen atoms in total. The van der Waals surface area contributed by atoms with E-state index < -0.39 is 5.91 Å². The zero-order valence-electron chi connectivity index (χ0n) is 17.2. The molecular weight excluding hydrogens is 457 g/mol. The topological polar surface area (TPSA) is 140 Å². The molecule has 1 aliphatic rings. The van der Waals surface area contributed by atoms with Crippen molar-refractivity contribution >= 4 is 41.1 Å². The Morgan fingerprint density at radius 2 is 2.12 bits per heavy atom. The number of halogens is 2. The first-order valence-corrected chi connectivity index (χ1v) is 10.8. The molecule has 13 heteroatoms. The summed E-state index contributed by atoms with van der Waals surface area (Å²) in [4.78, 5) is 15.2. The van der Waals surface area contributed by atoms with Crippen molar-refractivity contribution in [2.45, 2.75) is 38.8 Å². The number of benzene rings is 1. The van der Waals surface area contributed by atoms with Gasteiger partial charge in [-0.1, -0.05) is 40.9 Å². The molecular formula is C19H21Cl2N9O2. The predicted molar refractivity (Wildman–Crippen MR) is 119 cm³/mol. The Kier molecular flexibility index (Phi) is 6.68. The molecule has 4 rings (SSSR count). The van der Waals surface area contributed by atoms with E-state index in [4.69, 9.17) is 33.6 Å². The molecule has 1 atom stereocenters. The molecule has 0 unspecified atom stereocenters. The maximum Gasteiger partial charge on any atom is 0.293 e. The van der Waals surface area contributed by atoms with Gasteiger partial charge in [-0.25, -0.2) is 10.1 Å². The number of piperidine rings is 1. The fourth-order valence-electron chi connectivity index (χ4n) is 3.56. The van der Waals surface area contributed by atoms with Gasteiger partial charge in [0.1, 0.15) is 0 Å². The van der Waals surface area contributed by atoms with Gasteiger partial charge in [0.25, 0.3) is 5.91 Å². The summed E-state index contributed by atoms with van der Waals surface area (Å²) in [6.45, 7) is 3.46. The van der Waals surface area contributed by atoms with Gasteiger partial charge >= 0.3 is 0 Å². The standard InChI is InChI=1S/C19H21Cl2N9O2/c1-11-5-2-3-8-29(11)10-15-16(24-28-30(15)18-17(22)26-32-27-18)19(31)25-23-9-12-13(20)6-4-7-14(12)21/h4,6-7,9,11H,2-3,5,8,10H2,1H3,(H2,22,26)(H,25,31)/b23-9+/t11-/m0/s1. The van der Waals surface area contributed by atoms with Crippen LogP contribution in [0.4, 0.5) is 5.82 Å². The van der Waals surface area contributed by atoms with E-state index in [1.54, 1.807) is 18.2 Å². The highest BCUT2D eigenvalue weighted by Gasteiger charge is 2.28. The number of hydrogen-bond acceptors (Lipinski definition) is 9. The second-order valence-electron chi connectivity index (χ2n) is 7.42. The van der Waals surface area contributed by atoms with E-state index in [1.165, 1.54) is 17.3 Å². The number of anilines is 1. The van der Waals surface area contributed by atoms with Crippen LogP contribution < -0.4 is 11.2 Å². The summed E-state index contributed by atoms with van der Waals surface area (Å²) in [7, 11) is 0. The molecule has 168 valence electrons. The smallest absolute Gasteiger partial charge is 0.293 e. The molecule has 1 amide bonds. The number of rotatable bonds is 6. The van der Waals surface area contributed by atoms with Crippen molar-refractivity contribution < 1.29 is 9.42 Å². The number of carbonyl (C=O) groups is 1. The van der Waals surface area contributed by atoms with E-state index in [2.05, 4.69) is 43.0 Å². The van der Waals surface area contributed by atoms with E-state index in [1.807, 2.05) is 0 Å². The maximum atomic E-state index is 12.9. The molecule has 0 bridgehead atoms. The Hall–Kier alpha value is -3.02. The summed E-state index contributed by atoms with van der Waals surface area (Å²) >= 11 is 12.3. The summed E-state index contributed by atoms with van der Waals surface area (Å²) in [6.07, 6.45) is 4.69. The molecule has 3 aromatic rings. The lowest BCUT2D eigenvalue weighted by Gasteiger charge is -2.33. The lowest BCUT2D eigenvalue weighted by Crippen LogP contribution is -2.38. The number of likely N-dealkylation sites (tertiary alicyclic amines) is 1. The summed E-state index contributed by atoms with van der Waals surface area (Å²) in [5.74, 6) is -0.339. The maximum absolute atomic E-state index is 12.9. The molecule has 1 aliphatic heterocycles. The van der Waals surface area contributed by atoms with Crippen molar-refractivity contribution in [3.8, 4) is 5.82 Å². The van der Waals surface area contributed by atoms with Crippen LogP contribution >= 0.6 is 23.2 Å². The minimum atomic E-state index is -0.551. The third kappa shape index (κ3) is 4.59. The number of aromatic nitrogens is 5. The van der Waals surface area contributed by atoms with Gasteiger partial charge < -0.3 is 5.73 Å². The number of amides is 1. The monoisotopic (exact) mass is 477 g/mol. The molecule has 1 saturated heterocycles. The van der Waals surface area contributed by atoms with Crippen LogP contribution in [0.15, 0.2) is 27.9 Å². The van der Waals surface area contributed by atoms with Gasteiger partial charge in [0, 0.05) is 18.2 Å². The van der Waals surface area contributed by atoms with Crippen molar-refractivity contribution in [3.05, 3.63) is 45.2 Å². The predicted octanol–water partition coefficient (Wildman–Crippen LogP) is 2.68. The normalized spacial score (nSPS) is 17.2. The molecule has 0 aliphatic carbocycles. The first-order valence-electron chi connectivity index (χ1n) is 10.00. The van der Waals surface area contributed by atoms with Gasteiger partial charge in [-0.05, 0) is 48.8 Å². The van der Waals surface area contributed by atoms with Crippen LogP contribution in [0.3, 0.4) is 0 Å². The quantitative estimate of drug-likeness (QED) is 0.407. The summed E-state index contributed by atoms with van der Waals surface area (Å²) in [5, 5.41) is 20.3. The van der Waals surface area contributed by atoms with Crippen LogP contribution in [0, 0.1) is 0 Å². The van der Waals surface area contributed by atoms with Crippen molar-refractivity contribution in [1.82, 2.24) is 35.6 Å². The SMILES string of the molecule is C[C@H]1CCCCN1Cc1c(C(=O)N/N=C/c2c(Cl)cccc2Cl)nnn1-c1nonc1N. The molecule has 0 saturated carbocycles. The highest BCUT2D eigenvalue weighted by molar-refractivity contribution is 6.38. The summed E-state index contributed by atoms with van der Waals surface area (Å²) < 4.78 is 6.07. The largest absolute Gasteiger partial charge is 0.378 e. The van der Waals surface area contributed by atoms with Crippen molar-refractivity contribution in [3.63, 3.8) is 0 Å². The Balaban J connectivity index is 1.61. The molecule has 2 aromatic heterocycles. The van der Waals surface area contributed by atoms with Gasteiger partial charge in [0.05, 0.1) is 22.0 Å². The average molecular weight is 478 g/mol. The molecule has 3 heterocycles. The second-order valence-corrected chi connectivity index (χ2v) is 8.23. The molecule has 1 aromatic carbocycles. The van der Waals surface area contributed by atoms with Crippen LogP contribution in [0.1, 0.15) is 47.9 Å². The number of nitrogens with one attached hydrogen (secondary N) is 1. The Morgan fingerprint density at radius 1 is 1.34 bits per heavy atom. The number of nitrogens with two attached hydrogens (primary N) is 1. The van der Waals surface area contributed by atoms with E-state index in [-0.39, 0.29) is 17.3 Å². The van der Waals surface area contributed by atoms with Crippen molar-refractivity contribution in [2.24, 2.45) is 5.10 Å². The summed E-state index contributed by atoms with van der Waals surface area (Å²) in [5.41, 5.74) is 9.38. The molecule has 0 radical (unpaired) electrons. The number of nitrogen functional groups attached to an aromatic ring is 1. The first kappa shape index (κ1) is 22.2. The second kappa shape index (κ2) is 9.63. The van der Waals surface area contributed by atoms with Crippen LogP contribution in [-0.4, -0.2) is 54.9 Å². The van der Waals surface area contributed by atoms with E-state index in [0.29, 0.717) is 33.9 Å². The van der Waals surface area contributed by atoms with Gasteiger partial charge in [0.2, 0.25) is 11.6 Å². The third-order valence-corrected chi connectivity index (χ3v) is 5.99. The molecule has 0 spiro atoms. The van der Waals surface area contributed by atoms with Crippen molar-refractivity contribution in [2.75, 3.05) is 12.3 Å². The zero-order valence-corrected chi connectivity index (χ0v) is 18.7. The minimum absolute atomic E-state index is 0.0428. The Morgan fingerprint density at radius 3 is 2.81 bits per heavy atom. The van der Waals surface area contributed by atoms with E-state index >= 15 is 0 Å². The molecule has 1 fully saturated rings. The zero-order chi connectivity index (χ0) is 22.7. The Labute approximate surface area is 193 Å². The van der Waals surface area contributed by atoms with E-state index in [0.717, 1.165) is 19.4 Å². The van der Waals surface area contributed by atoms with Crippen molar-refractivity contribution in [1.29, 1.82) is 0 Å². The third-order valence-electron chi connectivity index (χ3n) is 5.33. The lowest BCUT2D eigenvalue weighted by atomic mass is 10.0. The molecule has 32 heavy (non-hydrogen) atoms. The minimum Gasteiger partial charge on any atom is -0.378 e. The number of carbonyl (C=O) groups excluding carboxylic acids is 1. The highest BCUT2D eigenvalue weighted by atomic mass is 35.5. The fourth-order valence-corrected chi connectivity index (χ4v) is 4.05. The highest BCUT2D eigenvalue weighted by Crippen LogP contribution is 2.24. The van der Waals surface area contributed by atoms with Crippen LogP contribution in [0.25, 0.3) is 5.82 Å². The number of nitrogens with zero attached hydrogens (tertiary/aromatic N) is 7. The van der Waals surface area contributed by atoms with Crippen LogP contribution in [0.2, 0.25) is 10.0 Å². The first-order chi connectivity index (χ1) is 15.5. The number of hydrogen-bond donors (Lipinski definition) is 2. The van der Waals surface area contributed by atoms with Gasteiger partial charge in [-0.15, -0.1) is 5.10 Å². The van der Waals surface area contributed by atoms with Gasteiger partial charge in [-0.2, -0.15) is 9.78 Å². The van der Waals surface area contributed by atoms with Crippen LogP contribution in [0.5, 0.6) is 0 Å². The van der Waals surface area contributed by atoms with E-state index in [9.17, 15) is 4.79 Å². The average Bonchev–Trinajstić information content (AvgIpc) is 3.37. The van der Waals surface area contributed by atoms with Crippen LogP contribution in [-0.2, 0) is 6.54 Å². The lowest BCUT2D eigenvalue weighted by molar-refractivity contribution is 0.0945. The Bertz CT molecular complexity index is 1120. The summed E-state index contributed by atoms with van der Waals surface area (Å²) in [6, 6.07) is 5.42. The van der Waals surface area contributed by atoms with Gasteiger partial charge in [-0.3, -0.25) is 9.69 Å². The molecule has 3 N–H and O–H groups in total. The number of hydrazone groups is 1. The van der Waals surface area contributed by atoms with Gasteiger partial charge in [0.15, 0.2) is 5.69 Å².